The number of carbonyl (C=O) groups excluding carboxylic acids is 1. The van der Waals surface area contributed by atoms with Crippen LogP contribution in [0.4, 0.5) is 10.5 Å². The summed E-state index contributed by atoms with van der Waals surface area (Å²) in [6, 6.07) is 7.68. The lowest BCUT2D eigenvalue weighted by atomic mass is 10.1. The molecule has 1 amide bonds. The van der Waals surface area contributed by atoms with E-state index >= 15 is 0 Å². The topological polar surface area (TPSA) is 141 Å². The van der Waals surface area contributed by atoms with Gasteiger partial charge in [0.15, 0.2) is 5.69 Å². The molecule has 10 nitrogen and oxygen atoms in total. The molecule has 11 heteroatoms. The number of oxazole rings is 2. The van der Waals surface area contributed by atoms with E-state index in [1.807, 2.05) is 31.2 Å². The first-order valence-electron chi connectivity index (χ1n) is 10.4. The lowest BCUT2D eigenvalue weighted by Gasteiger charge is -2.15. The average molecular weight is 478 g/mol. The molecular formula is C23H18N4O6S. The van der Waals surface area contributed by atoms with E-state index in [-0.39, 0.29) is 23.2 Å². The highest BCUT2D eigenvalue weighted by molar-refractivity contribution is 7.04. The van der Waals surface area contributed by atoms with E-state index in [4.69, 9.17) is 13.6 Å². The van der Waals surface area contributed by atoms with Crippen LogP contribution in [0.25, 0.3) is 11.4 Å². The minimum Gasteiger partial charge on any atom is -0.480 e. The Balaban J connectivity index is 1.27. The van der Waals surface area contributed by atoms with Crippen LogP contribution in [-0.4, -0.2) is 31.5 Å². The molecule has 5 rings (SSSR count). The van der Waals surface area contributed by atoms with Crippen molar-refractivity contribution in [1.29, 1.82) is 0 Å². The molecule has 1 saturated carbocycles. The van der Waals surface area contributed by atoms with Crippen LogP contribution < -0.4 is 5.32 Å². The fourth-order valence-corrected chi connectivity index (χ4v) is 4.06. The minimum atomic E-state index is -1.08. The van der Waals surface area contributed by atoms with E-state index in [9.17, 15) is 14.7 Å². The normalized spacial score (nSPS) is 14.8. The molecule has 34 heavy (non-hydrogen) atoms. The van der Waals surface area contributed by atoms with Gasteiger partial charge in [-0.2, -0.15) is 14.3 Å². The summed E-state index contributed by atoms with van der Waals surface area (Å²) < 4.78 is 20.6. The third kappa shape index (κ3) is 3.99. The van der Waals surface area contributed by atoms with Gasteiger partial charge < -0.3 is 18.7 Å². The smallest absolute Gasteiger partial charge is 0.412 e. The summed E-state index contributed by atoms with van der Waals surface area (Å²) in [5.41, 5.74) is 1.74. The third-order valence-corrected chi connectivity index (χ3v) is 6.18. The maximum absolute atomic E-state index is 12.4. The van der Waals surface area contributed by atoms with Crippen LogP contribution in [0.5, 0.6) is 0 Å². The number of ether oxygens (including phenoxy) is 1. The lowest BCUT2D eigenvalue weighted by molar-refractivity contribution is -0.140. The predicted molar refractivity (Wildman–Crippen MR) is 120 cm³/mol. The first-order valence-corrected chi connectivity index (χ1v) is 11.2. The number of carboxylic acids is 1. The summed E-state index contributed by atoms with van der Waals surface area (Å²) in [5.74, 6) is 4.65. The zero-order valence-corrected chi connectivity index (χ0v) is 18.9. The minimum absolute atomic E-state index is 0.0303. The van der Waals surface area contributed by atoms with E-state index in [1.165, 1.54) is 0 Å². The number of amides is 1. The number of hydrogen-bond acceptors (Lipinski definition) is 9. The van der Waals surface area contributed by atoms with Crippen molar-refractivity contribution < 1.29 is 28.3 Å². The molecule has 1 unspecified atom stereocenters. The number of benzene rings is 1. The number of carbonyl (C=O) groups is 2. The fraction of sp³-hybridized carbons (Fsp3) is 0.261. The molecular weight excluding hydrogens is 460 g/mol. The van der Waals surface area contributed by atoms with Gasteiger partial charge >= 0.3 is 12.1 Å². The van der Waals surface area contributed by atoms with E-state index in [0.29, 0.717) is 24.2 Å². The van der Waals surface area contributed by atoms with Crippen LogP contribution in [0.2, 0.25) is 0 Å². The van der Waals surface area contributed by atoms with Gasteiger partial charge in [0.1, 0.15) is 11.5 Å². The zero-order valence-electron chi connectivity index (χ0n) is 18.1. The van der Waals surface area contributed by atoms with Crippen LogP contribution >= 0.6 is 11.5 Å². The molecule has 1 atom stereocenters. The van der Waals surface area contributed by atoms with Crippen molar-refractivity contribution in [3.63, 3.8) is 0 Å². The molecule has 1 aliphatic carbocycles. The number of hydrogen-bond donors (Lipinski definition) is 2. The monoisotopic (exact) mass is 478 g/mol. The maximum Gasteiger partial charge on any atom is 0.412 e. The van der Waals surface area contributed by atoms with E-state index in [0.717, 1.165) is 22.7 Å². The van der Waals surface area contributed by atoms with Gasteiger partial charge in [-0.3, -0.25) is 10.1 Å². The first-order chi connectivity index (χ1) is 16.4. The van der Waals surface area contributed by atoms with Crippen molar-refractivity contribution in [2.75, 3.05) is 5.32 Å². The summed E-state index contributed by atoms with van der Waals surface area (Å²) in [7, 11) is 0. The molecule has 172 valence electrons. The fourth-order valence-electron chi connectivity index (χ4n) is 3.48. The Hall–Kier alpha value is -4.17. The quantitative estimate of drug-likeness (QED) is 0.399. The van der Waals surface area contributed by atoms with Gasteiger partial charge in [-0.25, -0.2) is 4.79 Å². The Morgan fingerprint density at radius 1 is 1.21 bits per heavy atom. The highest BCUT2D eigenvalue weighted by Gasteiger charge is 2.56. The Bertz CT molecular complexity index is 1440. The molecule has 0 radical (unpaired) electrons. The van der Waals surface area contributed by atoms with Gasteiger partial charge in [0, 0.05) is 11.3 Å². The molecule has 0 aliphatic heterocycles. The molecule has 0 saturated heterocycles. The van der Waals surface area contributed by atoms with Gasteiger partial charge in [0.05, 0.1) is 5.69 Å². The lowest BCUT2D eigenvalue weighted by Crippen LogP contribution is -2.19. The molecule has 0 bridgehead atoms. The zero-order chi connectivity index (χ0) is 23.9. The molecule has 3 aromatic heterocycles. The van der Waals surface area contributed by atoms with Gasteiger partial charge in [0.2, 0.25) is 5.89 Å². The summed E-state index contributed by atoms with van der Waals surface area (Å²) in [6.45, 7) is 3.75. The Kier molecular flexibility index (Phi) is 5.30. The summed E-state index contributed by atoms with van der Waals surface area (Å²) in [5, 5.41) is 13.6. The molecule has 2 N–H and O–H groups in total. The Morgan fingerprint density at radius 2 is 1.97 bits per heavy atom. The van der Waals surface area contributed by atoms with Crippen LogP contribution in [0.15, 0.2) is 38.5 Å². The third-order valence-electron chi connectivity index (χ3n) is 5.55. The number of rotatable bonds is 5. The molecule has 1 aromatic carbocycles. The van der Waals surface area contributed by atoms with Crippen LogP contribution in [0.3, 0.4) is 0 Å². The Morgan fingerprint density at radius 3 is 2.68 bits per heavy atom. The van der Waals surface area contributed by atoms with Crippen LogP contribution in [0.1, 0.15) is 54.5 Å². The van der Waals surface area contributed by atoms with E-state index < -0.39 is 23.6 Å². The SMILES string of the molecule is Cc1ccccc1C(C)OC(=O)Nc1csnc1C#Cc1nc2oc(C3(C(=O)O)CC3)nc2o1. The van der Waals surface area contributed by atoms with Gasteiger partial charge in [-0.1, -0.05) is 24.3 Å². The molecule has 1 aliphatic rings. The largest absolute Gasteiger partial charge is 0.480 e. The molecule has 1 fully saturated rings. The second-order valence-electron chi connectivity index (χ2n) is 7.89. The van der Waals surface area contributed by atoms with E-state index in [2.05, 4.69) is 31.5 Å². The van der Waals surface area contributed by atoms with Crippen molar-refractivity contribution in [2.45, 2.75) is 38.2 Å². The summed E-state index contributed by atoms with van der Waals surface area (Å²) in [6.07, 6.45) is -0.136. The van der Waals surface area contributed by atoms with Crippen molar-refractivity contribution in [1.82, 2.24) is 14.3 Å². The second kappa shape index (κ2) is 8.31. The van der Waals surface area contributed by atoms with E-state index in [1.54, 1.807) is 12.3 Å². The number of carboxylic acid groups (broad SMARTS) is 1. The number of aliphatic carboxylic acids is 1. The Labute approximate surface area is 197 Å². The second-order valence-corrected chi connectivity index (χ2v) is 8.52. The maximum atomic E-state index is 12.4. The predicted octanol–water partition coefficient (Wildman–Crippen LogP) is 4.41. The number of aryl methyl sites for hydroxylation is 1. The first kappa shape index (κ1) is 21.7. The standard InChI is InChI=1S/C23H18N4O6S/c1-12-5-3-4-6-14(12)13(2)31-22(30)24-16-11-34-27-15(16)7-8-17-25-18-19(32-17)26-20(33-18)23(9-10-23)21(28)29/h3-6,11,13H,9-10H2,1-2H3,(H,24,30)(H,28,29). The highest BCUT2D eigenvalue weighted by atomic mass is 32.1. The van der Waals surface area contributed by atoms with Crippen LogP contribution in [0, 0.1) is 18.8 Å². The van der Waals surface area contributed by atoms with Crippen molar-refractivity contribution >= 4 is 40.7 Å². The highest BCUT2D eigenvalue weighted by Crippen LogP contribution is 2.48. The molecule has 0 spiro atoms. The number of anilines is 1. The van der Waals surface area contributed by atoms with Crippen molar-refractivity contribution in [2.24, 2.45) is 0 Å². The van der Waals surface area contributed by atoms with Crippen molar-refractivity contribution in [3.8, 4) is 11.8 Å². The summed E-state index contributed by atoms with van der Waals surface area (Å²) >= 11 is 1.12. The number of nitrogens with one attached hydrogen (secondary N) is 1. The van der Waals surface area contributed by atoms with Gasteiger partial charge in [-0.15, -0.1) is 0 Å². The molecule has 4 aromatic rings. The van der Waals surface area contributed by atoms with Gasteiger partial charge in [-0.05, 0) is 55.3 Å². The number of aromatic nitrogens is 3. The number of nitrogens with zero attached hydrogens (tertiary/aromatic N) is 3. The average Bonchev–Trinajstić information content (AvgIpc) is 3.12. The van der Waals surface area contributed by atoms with Gasteiger partial charge in [0.25, 0.3) is 17.3 Å². The van der Waals surface area contributed by atoms with Crippen molar-refractivity contribution in [3.05, 3.63) is 58.2 Å². The van der Waals surface area contributed by atoms with Crippen LogP contribution in [-0.2, 0) is 14.9 Å². The number of fused-ring (bicyclic) bond motifs is 1. The summed E-state index contributed by atoms with van der Waals surface area (Å²) in [4.78, 5) is 32.0. The molecule has 3 heterocycles.